The lowest BCUT2D eigenvalue weighted by molar-refractivity contribution is -0.151. The second-order valence-electron chi connectivity index (χ2n) is 8.73. The van der Waals surface area contributed by atoms with E-state index >= 15 is 0 Å². The normalized spacial score (nSPS) is 31.5. The Hall–Kier alpha value is -2.45. The minimum Gasteiger partial charge on any atom is -0.459 e. The van der Waals surface area contributed by atoms with E-state index in [1.807, 2.05) is 4.98 Å². The Morgan fingerprint density at radius 1 is 1.32 bits per heavy atom. The van der Waals surface area contributed by atoms with E-state index in [4.69, 9.17) is 43.1 Å². The number of benzene rings is 1. The van der Waals surface area contributed by atoms with Crippen molar-refractivity contribution in [2.45, 2.75) is 54.8 Å². The lowest BCUT2D eigenvalue weighted by Gasteiger charge is -2.33. The van der Waals surface area contributed by atoms with Gasteiger partial charge in [0.05, 0.1) is 11.4 Å². The molecule has 1 saturated carbocycles. The predicted octanol–water partition coefficient (Wildman–Crippen LogP) is -0.243. The number of hydrogen-bond acceptors (Lipinski definition) is 10. The molecule has 0 spiro atoms. The fourth-order valence-electron chi connectivity index (χ4n) is 3.85. The number of ether oxygens (including phenoxy) is 2. The van der Waals surface area contributed by atoms with Gasteiger partial charge in [0, 0.05) is 12.3 Å². The molecule has 2 heterocycles. The highest BCUT2D eigenvalue weighted by molar-refractivity contribution is 7.52. The SMILES string of the molecule is [B][C@@]1(Cl)[C@H](n2ccc(=O)[nH]c2=O)O[C@@H]2C(OP(=O)(N[C@@H](C)C(=O)OC(C)CO)Oc3ccccc3)[C@@]21O. The number of rotatable bonds is 10. The summed E-state index contributed by atoms with van der Waals surface area (Å²) in [5, 5.41) is 22.8. The van der Waals surface area contributed by atoms with Gasteiger partial charge in [-0.25, -0.2) is 9.36 Å². The standard InChI is InChI=1S/C21H24BClN3O10P/c1-11(10-27)33-17(29)12(2)25-37(32,35-13-6-4-3-5-7-13)36-16-15-20(16,31)21(22,23)18(34-15)26-9-8-14(28)24-19(26)30/h3-9,11-12,15-16,18,27,31H,10H2,1-2H3,(H,25,32)(H,24,28,30)/t11?,12-,15+,16?,18+,20-,21+,37?/m0/s1. The number of para-hydroxylation sites is 1. The number of esters is 1. The summed E-state index contributed by atoms with van der Waals surface area (Å²) in [5.41, 5.74) is -3.67. The molecule has 0 amide bonds. The Bertz CT molecular complexity index is 1320. The molecule has 4 N–H and O–H groups in total. The number of nitrogens with one attached hydrogen (secondary N) is 2. The molecule has 13 nitrogen and oxygen atoms in total. The maximum absolute atomic E-state index is 13.8. The molecule has 1 saturated heterocycles. The van der Waals surface area contributed by atoms with E-state index in [-0.39, 0.29) is 5.75 Å². The van der Waals surface area contributed by atoms with Gasteiger partial charge in [-0.05, 0) is 26.0 Å². The highest BCUT2D eigenvalue weighted by Crippen LogP contribution is 2.65. The smallest absolute Gasteiger partial charge is 0.459 e. The maximum Gasteiger partial charge on any atom is 0.459 e. The Balaban J connectivity index is 1.56. The van der Waals surface area contributed by atoms with E-state index < -0.39 is 72.5 Å². The van der Waals surface area contributed by atoms with Gasteiger partial charge in [0.2, 0.25) is 0 Å². The Labute approximate surface area is 216 Å². The van der Waals surface area contributed by atoms with Crippen molar-refractivity contribution in [1.82, 2.24) is 14.6 Å². The second kappa shape index (κ2) is 10.0. The van der Waals surface area contributed by atoms with Gasteiger partial charge in [0.1, 0.15) is 43.6 Å². The molecule has 0 bridgehead atoms. The summed E-state index contributed by atoms with van der Waals surface area (Å²) < 4.78 is 34.4. The number of aromatic nitrogens is 2. The monoisotopic (exact) mass is 555 g/mol. The molecule has 1 aromatic heterocycles. The summed E-state index contributed by atoms with van der Waals surface area (Å²) in [6.45, 7) is 2.38. The van der Waals surface area contributed by atoms with E-state index in [0.29, 0.717) is 0 Å². The average molecular weight is 556 g/mol. The zero-order chi connectivity index (χ0) is 27.2. The molecule has 8 atom stereocenters. The molecule has 37 heavy (non-hydrogen) atoms. The summed E-state index contributed by atoms with van der Waals surface area (Å²) in [4.78, 5) is 38.0. The number of nitrogens with zero attached hydrogens (tertiary/aromatic N) is 1. The van der Waals surface area contributed by atoms with Crippen LogP contribution in [0.15, 0.2) is 52.2 Å². The van der Waals surface area contributed by atoms with Crippen molar-refractivity contribution in [3.63, 3.8) is 0 Å². The van der Waals surface area contributed by atoms with Crippen molar-refractivity contribution in [2.75, 3.05) is 6.61 Å². The van der Waals surface area contributed by atoms with Gasteiger partial charge in [-0.2, -0.15) is 5.09 Å². The number of H-pyrrole nitrogens is 1. The lowest BCUT2D eigenvalue weighted by Crippen LogP contribution is -2.50. The van der Waals surface area contributed by atoms with Crippen LogP contribution in [-0.4, -0.2) is 74.9 Å². The molecule has 198 valence electrons. The first kappa shape index (κ1) is 27.6. The van der Waals surface area contributed by atoms with Crippen molar-refractivity contribution in [1.29, 1.82) is 0 Å². The zero-order valence-electron chi connectivity index (χ0n) is 19.6. The molecule has 2 aliphatic rings. The van der Waals surface area contributed by atoms with Crippen LogP contribution in [0, 0.1) is 0 Å². The van der Waals surface area contributed by atoms with E-state index in [9.17, 15) is 24.1 Å². The molecule has 3 unspecified atom stereocenters. The number of carbonyl (C=O) groups is 1. The molecular formula is C21H24BClN3O10P. The summed E-state index contributed by atoms with van der Waals surface area (Å²) in [5.74, 6) is -0.736. The Morgan fingerprint density at radius 3 is 2.57 bits per heavy atom. The molecular weight excluding hydrogens is 531 g/mol. The lowest BCUT2D eigenvalue weighted by atomic mass is 9.78. The van der Waals surface area contributed by atoms with Crippen LogP contribution in [0.1, 0.15) is 20.1 Å². The van der Waals surface area contributed by atoms with Crippen LogP contribution in [0.3, 0.4) is 0 Å². The molecule has 1 aliphatic carbocycles. The number of aromatic amines is 1. The van der Waals surface area contributed by atoms with Crippen molar-refractivity contribution < 1.29 is 38.1 Å². The molecule has 2 radical (unpaired) electrons. The van der Waals surface area contributed by atoms with Crippen LogP contribution in [-0.2, 0) is 23.4 Å². The number of halogens is 1. The van der Waals surface area contributed by atoms with Gasteiger partial charge in [-0.1, -0.05) is 18.2 Å². The van der Waals surface area contributed by atoms with Gasteiger partial charge < -0.3 is 24.2 Å². The first-order chi connectivity index (χ1) is 17.3. The van der Waals surface area contributed by atoms with Crippen molar-refractivity contribution >= 4 is 33.2 Å². The number of fused-ring (bicyclic) bond motifs is 1. The number of carbonyl (C=O) groups excluding carboxylic acids is 1. The van der Waals surface area contributed by atoms with Gasteiger partial charge >= 0.3 is 19.4 Å². The van der Waals surface area contributed by atoms with Crippen LogP contribution in [0.5, 0.6) is 5.75 Å². The predicted molar refractivity (Wildman–Crippen MR) is 129 cm³/mol. The fraction of sp³-hybridized carbons (Fsp3) is 0.476. The van der Waals surface area contributed by atoms with Crippen LogP contribution >= 0.6 is 19.3 Å². The third-order valence-corrected chi connectivity index (χ3v) is 8.04. The highest BCUT2D eigenvalue weighted by Gasteiger charge is 2.83. The fourth-order valence-corrected chi connectivity index (χ4v) is 5.93. The van der Waals surface area contributed by atoms with Gasteiger partial charge in [-0.15, -0.1) is 11.6 Å². The van der Waals surface area contributed by atoms with Crippen molar-refractivity contribution in [3.8, 4) is 5.75 Å². The van der Waals surface area contributed by atoms with E-state index in [0.717, 1.165) is 16.8 Å². The topological polar surface area (TPSA) is 178 Å². The van der Waals surface area contributed by atoms with Crippen LogP contribution in [0.25, 0.3) is 0 Å². The molecule has 4 rings (SSSR count). The van der Waals surface area contributed by atoms with Crippen LogP contribution in [0.4, 0.5) is 0 Å². The molecule has 1 aromatic carbocycles. The van der Waals surface area contributed by atoms with E-state index in [1.165, 1.54) is 26.0 Å². The third-order valence-electron chi connectivity index (χ3n) is 5.89. The average Bonchev–Trinajstić information content (AvgIpc) is 3.32. The number of hydrogen-bond donors (Lipinski definition) is 4. The largest absolute Gasteiger partial charge is 0.459 e. The van der Waals surface area contributed by atoms with Gasteiger partial charge in [0.25, 0.3) is 5.56 Å². The number of aliphatic hydroxyl groups excluding tert-OH is 1. The van der Waals surface area contributed by atoms with E-state index in [1.54, 1.807) is 18.2 Å². The Kier molecular flexibility index (Phi) is 7.48. The number of aliphatic hydroxyl groups is 2. The molecule has 16 heteroatoms. The minimum atomic E-state index is -4.44. The van der Waals surface area contributed by atoms with Gasteiger partial charge in [0.15, 0.2) is 6.23 Å². The second-order valence-corrected chi connectivity index (χ2v) is 11.0. The van der Waals surface area contributed by atoms with Gasteiger partial charge in [-0.3, -0.25) is 23.7 Å². The summed E-state index contributed by atoms with van der Waals surface area (Å²) in [7, 11) is 1.73. The summed E-state index contributed by atoms with van der Waals surface area (Å²) >= 11 is 6.45. The summed E-state index contributed by atoms with van der Waals surface area (Å²) in [6.07, 6.45) is -3.77. The number of alkyl halides is 1. The highest BCUT2D eigenvalue weighted by atomic mass is 35.5. The zero-order valence-corrected chi connectivity index (χ0v) is 21.3. The van der Waals surface area contributed by atoms with Crippen molar-refractivity contribution in [3.05, 3.63) is 63.4 Å². The molecule has 2 fully saturated rings. The van der Waals surface area contributed by atoms with Crippen LogP contribution in [0.2, 0.25) is 0 Å². The van der Waals surface area contributed by atoms with Crippen molar-refractivity contribution in [2.24, 2.45) is 0 Å². The quantitative estimate of drug-likeness (QED) is 0.132. The first-order valence-electron chi connectivity index (χ1n) is 11.1. The minimum absolute atomic E-state index is 0.115. The van der Waals surface area contributed by atoms with E-state index in [2.05, 4.69) is 5.09 Å². The third kappa shape index (κ3) is 5.15. The van der Waals surface area contributed by atoms with Crippen LogP contribution < -0.4 is 20.9 Å². The summed E-state index contributed by atoms with van der Waals surface area (Å²) in [6, 6.07) is 7.70. The Morgan fingerprint density at radius 2 is 2.00 bits per heavy atom. The first-order valence-corrected chi connectivity index (χ1v) is 13.0. The molecule has 2 aromatic rings. The maximum atomic E-state index is 13.8. The molecule has 1 aliphatic heterocycles.